The third-order valence-electron chi connectivity index (χ3n) is 1.39. The third-order valence-corrected chi connectivity index (χ3v) is 4.55. The smallest absolute Gasteiger partial charge is 0.238 e. The number of hydrogen-bond donors (Lipinski definition) is 0. The maximum Gasteiger partial charge on any atom is 0.281 e. The summed E-state index contributed by atoms with van der Waals surface area (Å²) in [5.74, 6) is 0. The molecule has 0 unspecified atom stereocenters. The summed E-state index contributed by atoms with van der Waals surface area (Å²) in [5, 5.41) is 0. The lowest BCUT2D eigenvalue weighted by atomic mass is 10.4. The van der Waals surface area contributed by atoms with Crippen molar-refractivity contribution in [2.45, 2.75) is 11.3 Å². The quantitative estimate of drug-likeness (QED) is 0.409. The largest absolute Gasteiger partial charge is 0.281 e. The van der Waals surface area contributed by atoms with Gasteiger partial charge in [0, 0.05) is 15.2 Å². The molecule has 0 amide bonds. The Labute approximate surface area is 111 Å². The molecule has 1 aromatic heterocycles. The first-order valence-corrected chi connectivity index (χ1v) is 7.50. The molecule has 0 spiro atoms. The fourth-order valence-electron chi connectivity index (χ4n) is 0.787. The number of rotatable bonds is 2. The minimum atomic E-state index is -3.97. The van der Waals surface area contributed by atoms with Crippen molar-refractivity contribution in [2.75, 3.05) is 0 Å². The summed E-state index contributed by atoms with van der Waals surface area (Å²) in [4.78, 5) is 3.17. The van der Waals surface area contributed by atoms with Crippen LogP contribution in [0.4, 0.5) is 8.78 Å². The Balaban J connectivity index is 3.46. The van der Waals surface area contributed by atoms with E-state index in [9.17, 15) is 17.2 Å². The van der Waals surface area contributed by atoms with Crippen LogP contribution in [-0.4, -0.2) is 13.4 Å². The summed E-state index contributed by atoms with van der Waals surface area (Å²) in [6.45, 7) is 0. The molecule has 0 aromatic carbocycles. The predicted octanol–water partition coefficient (Wildman–Crippen LogP) is 3.31. The van der Waals surface area contributed by atoms with Crippen LogP contribution in [0.2, 0.25) is 0 Å². The Hall–Kier alpha value is 0.460. The van der Waals surface area contributed by atoms with E-state index in [1.54, 1.807) is 0 Å². The molecule has 0 bridgehead atoms. The Morgan fingerprint density at radius 1 is 1.53 bits per heavy atom. The van der Waals surface area contributed by atoms with Gasteiger partial charge in [0.05, 0.1) is 0 Å². The Bertz CT molecular complexity index is 496. The van der Waals surface area contributed by atoms with E-state index in [1.165, 1.54) is 22.6 Å². The van der Waals surface area contributed by atoms with Gasteiger partial charge < -0.3 is 0 Å². The molecule has 0 aliphatic rings. The summed E-state index contributed by atoms with van der Waals surface area (Å²) in [7, 11) is 1.12. The molecule has 0 aliphatic carbocycles. The molecule has 0 fully saturated rings. The number of pyridine rings is 1. The second-order valence-electron chi connectivity index (χ2n) is 2.38. The highest BCUT2D eigenvalue weighted by Gasteiger charge is 2.21. The lowest BCUT2D eigenvalue weighted by Gasteiger charge is -2.06. The minimum Gasteiger partial charge on any atom is -0.238 e. The zero-order chi connectivity index (χ0) is 11.8. The Morgan fingerprint density at radius 3 is 2.47 bits per heavy atom. The van der Waals surface area contributed by atoms with Crippen molar-refractivity contribution in [3.8, 4) is 0 Å². The van der Waals surface area contributed by atoms with E-state index in [4.69, 9.17) is 10.7 Å². The zero-order valence-electron chi connectivity index (χ0n) is 6.72. The van der Waals surface area contributed by atoms with Crippen LogP contribution in [0.3, 0.4) is 0 Å². The van der Waals surface area contributed by atoms with E-state index in [2.05, 4.69) is 20.9 Å². The highest BCUT2D eigenvalue weighted by molar-refractivity contribution is 14.1. The van der Waals surface area contributed by atoms with Crippen LogP contribution in [-0.2, 0) is 9.05 Å². The van der Waals surface area contributed by atoms with Crippen LogP contribution in [0.15, 0.2) is 15.4 Å². The third kappa shape index (κ3) is 3.21. The van der Waals surface area contributed by atoms with Gasteiger partial charge in [-0.15, -0.1) is 0 Å². The normalized spacial score (nSPS) is 12.1. The van der Waals surface area contributed by atoms with E-state index in [-0.39, 0.29) is 13.1 Å². The number of aromatic nitrogens is 1. The molecule has 0 atom stereocenters. The zero-order valence-corrected chi connectivity index (χ0v) is 12.0. The van der Waals surface area contributed by atoms with Gasteiger partial charge in [-0.1, -0.05) is 0 Å². The van der Waals surface area contributed by atoms with Crippen molar-refractivity contribution in [2.24, 2.45) is 0 Å². The summed E-state index contributed by atoms with van der Waals surface area (Å²) in [6.07, 6.45) is -2.78. The van der Waals surface area contributed by atoms with Gasteiger partial charge in [-0.05, 0) is 44.6 Å². The second-order valence-corrected chi connectivity index (χ2v) is 6.79. The number of alkyl halides is 2. The second kappa shape index (κ2) is 4.76. The molecule has 0 N–H and O–H groups in total. The van der Waals surface area contributed by atoms with Crippen LogP contribution in [0.1, 0.15) is 12.1 Å². The summed E-state index contributed by atoms with van der Waals surface area (Å²) in [6, 6.07) is 1.01. The van der Waals surface area contributed by atoms with Crippen LogP contribution < -0.4 is 0 Å². The van der Waals surface area contributed by atoms with Crippen LogP contribution in [0, 0.1) is 3.70 Å². The van der Waals surface area contributed by atoms with Crippen molar-refractivity contribution in [1.82, 2.24) is 4.98 Å². The van der Waals surface area contributed by atoms with Crippen molar-refractivity contribution < 1.29 is 17.2 Å². The molecule has 15 heavy (non-hydrogen) atoms. The summed E-state index contributed by atoms with van der Waals surface area (Å²) < 4.78 is 46.5. The average molecular weight is 432 g/mol. The van der Waals surface area contributed by atoms with E-state index in [0.717, 1.165) is 6.07 Å². The lowest BCUT2D eigenvalue weighted by molar-refractivity contribution is 0.144. The van der Waals surface area contributed by atoms with E-state index in [1.807, 2.05) is 0 Å². The van der Waals surface area contributed by atoms with E-state index in [0.29, 0.717) is 0 Å². The van der Waals surface area contributed by atoms with Gasteiger partial charge in [-0.2, -0.15) is 0 Å². The van der Waals surface area contributed by atoms with Gasteiger partial charge in [-0.3, -0.25) is 0 Å². The highest BCUT2D eigenvalue weighted by Crippen LogP contribution is 2.31. The van der Waals surface area contributed by atoms with Crippen molar-refractivity contribution in [3.63, 3.8) is 0 Å². The monoisotopic (exact) mass is 431 g/mol. The molecule has 9 heteroatoms. The molecule has 1 heterocycles. The molecule has 0 radical (unpaired) electrons. The molecule has 0 saturated heterocycles. The topological polar surface area (TPSA) is 47.0 Å². The standard InChI is InChI=1S/C6H2BrClF2INO2S/c7-2-1-3(15(8,13)14)6(11)12-4(2)5(9)10/h1,5H. The van der Waals surface area contributed by atoms with Gasteiger partial charge in [0.15, 0.2) is 0 Å². The number of halogens is 5. The van der Waals surface area contributed by atoms with Crippen molar-refractivity contribution in [1.29, 1.82) is 0 Å². The maximum absolute atomic E-state index is 12.4. The maximum atomic E-state index is 12.4. The molecule has 1 rings (SSSR count). The lowest BCUT2D eigenvalue weighted by Crippen LogP contribution is -2.02. The summed E-state index contributed by atoms with van der Waals surface area (Å²) >= 11 is 4.34. The average Bonchev–Trinajstić information content (AvgIpc) is 2.06. The highest BCUT2D eigenvalue weighted by atomic mass is 127. The molecular weight excluding hydrogens is 430 g/mol. The first-order valence-electron chi connectivity index (χ1n) is 3.32. The first-order chi connectivity index (χ1) is 6.73. The SMILES string of the molecule is O=S(=O)(Cl)c1cc(Br)c(C(F)F)nc1I. The van der Waals surface area contributed by atoms with Gasteiger partial charge in [0.1, 0.15) is 14.3 Å². The summed E-state index contributed by atoms with van der Waals surface area (Å²) in [5.41, 5.74) is -0.511. The van der Waals surface area contributed by atoms with E-state index >= 15 is 0 Å². The Morgan fingerprint density at radius 2 is 2.07 bits per heavy atom. The van der Waals surface area contributed by atoms with Crippen LogP contribution in [0.5, 0.6) is 0 Å². The fourth-order valence-corrected chi connectivity index (χ4v) is 3.96. The molecule has 0 aliphatic heterocycles. The molecule has 84 valence electrons. The number of nitrogens with zero attached hydrogens (tertiary/aromatic N) is 1. The first kappa shape index (κ1) is 13.5. The van der Waals surface area contributed by atoms with Gasteiger partial charge in [-0.25, -0.2) is 22.2 Å². The van der Waals surface area contributed by atoms with Crippen molar-refractivity contribution in [3.05, 3.63) is 19.9 Å². The van der Waals surface area contributed by atoms with E-state index < -0.39 is 21.2 Å². The van der Waals surface area contributed by atoms with Gasteiger partial charge in [0.2, 0.25) is 0 Å². The van der Waals surface area contributed by atoms with Crippen molar-refractivity contribution >= 4 is 58.3 Å². The van der Waals surface area contributed by atoms with Crippen LogP contribution in [0.25, 0.3) is 0 Å². The van der Waals surface area contributed by atoms with Crippen LogP contribution >= 0.6 is 49.2 Å². The minimum absolute atomic E-state index is 0.0823. The fraction of sp³-hybridized carbons (Fsp3) is 0.167. The Kier molecular flexibility index (Phi) is 4.29. The molecule has 3 nitrogen and oxygen atoms in total. The molecule has 1 aromatic rings. The predicted molar refractivity (Wildman–Crippen MR) is 62.6 cm³/mol. The molecule has 0 saturated carbocycles. The molecular formula is C6H2BrClF2INO2S. The van der Waals surface area contributed by atoms with Gasteiger partial charge >= 0.3 is 0 Å². The number of hydrogen-bond acceptors (Lipinski definition) is 3. The van der Waals surface area contributed by atoms with Gasteiger partial charge in [0.25, 0.3) is 15.5 Å².